The number of pyridine rings is 1. The highest BCUT2D eigenvalue weighted by molar-refractivity contribution is 7.86. The molecule has 2 atom stereocenters. The second-order valence-corrected chi connectivity index (χ2v) is 14.3. The summed E-state index contributed by atoms with van der Waals surface area (Å²) < 4.78 is 76.9. The zero-order valence-corrected chi connectivity index (χ0v) is 25.4. The Morgan fingerprint density at radius 3 is 2.37 bits per heavy atom. The highest BCUT2D eigenvalue weighted by atomic mass is 35.5. The lowest BCUT2D eigenvalue weighted by molar-refractivity contribution is -0.847. The molecule has 2 unspecified atom stereocenters. The molecule has 3 aromatic rings. The van der Waals surface area contributed by atoms with E-state index in [0.717, 1.165) is 29.4 Å². The third kappa shape index (κ3) is 5.44. The molecule has 1 aromatic heterocycles. The first-order valence-electron chi connectivity index (χ1n) is 13.7. The zero-order chi connectivity index (χ0) is 31.4. The van der Waals surface area contributed by atoms with Gasteiger partial charge in [-0.25, -0.2) is 8.68 Å². The second-order valence-electron chi connectivity index (χ2n) is 11.8. The van der Waals surface area contributed by atoms with E-state index >= 15 is 0 Å². The van der Waals surface area contributed by atoms with Crippen LogP contribution in [-0.4, -0.2) is 54.7 Å². The SMILES string of the molecule is CC1(C)CC([N+](C)(C2CCN(c3ccncc3)CC2)S(=O)(=O)c2c(Cl)cccc2C(F)(F)F)c2cc(OC(=O)O)ccc21. The first kappa shape index (κ1) is 31.1. The summed E-state index contributed by atoms with van der Waals surface area (Å²) in [4.78, 5) is 16.5. The van der Waals surface area contributed by atoms with Crippen molar-refractivity contribution in [3.63, 3.8) is 0 Å². The van der Waals surface area contributed by atoms with Gasteiger partial charge in [0.25, 0.3) is 0 Å². The number of anilines is 1. The van der Waals surface area contributed by atoms with Gasteiger partial charge in [-0.3, -0.25) is 4.98 Å². The van der Waals surface area contributed by atoms with E-state index in [-0.39, 0.29) is 12.2 Å². The van der Waals surface area contributed by atoms with Crippen LogP contribution in [0.15, 0.2) is 65.8 Å². The van der Waals surface area contributed by atoms with Gasteiger partial charge in [-0.2, -0.15) is 21.6 Å². The van der Waals surface area contributed by atoms with Gasteiger partial charge >= 0.3 is 22.4 Å². The number of carboxylic acid groups (broad SMARTS) is 1. The number of sulfonamides is 1. The van der Waals surface area contributed by atoms with Crippen LogP contribution in [0.5, 0.6) is 5.75 Å². The maximum atomic E-state index is 14.9. The number of nitrogens with zero attached hydrogens (tertiary/aromatic N) is 3. The van der Waals surface area contributed by atoms with Gasteiger partial charge in [0.1, 0.15) is 17.8 Å². The Balaban J connectivity index is 1.69. The molecule has 1 aliphatic heterocycles. The topological polar surface area (TPSA) is 96.8 Å². The molecule has 1 saturated heterocycles. The summed E-state index contributed by atoms with van der Waals surface area (Å²) in [6, 6.07) is 9.93. The summed E-state index contributed by atoms with van der Waals surface area (Å²) in [6.45, 7) is 4.81. The summed E-state index contributed by atoms with van der Waals surface area (Å²) in [5.41, 5.74) is 0.325. The third-order valence-electron chi connectivity index (χ3n) is 8.90. The Morgan fingerprint density at radius 1 is 1.12 bits per heavy atom. The molecule has 8 nitrogen and oxygen atoms in total. The van der Waals surface area contributed by atoms with Crippen LogP contribution in [0.2, 0.25) is 5.02 Å². The minimum Gasteiger partial charge on any atom is -0.449 e. The van der Waals surface area contributed by atoms with Gasteiger partial charge in [0, 0.05) is 56.0 Å². The van der Waals surface area contributed by atoms with Crippen molar-refractivity contribution in [2.24, 2.45) is 0 Å². The van der Waals surface area contributed by atoms with Gasteiger partial charge in [-0.05, 0) is 47.4 Å². The van der Waals surface area contributed by atoms with Gasteiger partial charge in [0.05, 0.1) is 17.6 Å². The number of halogens is 4. The number of ether oxygens (including phenoxy) is 1. The van der Waals surface area contributed by atoms with E-state index in [1.807, 2.05) is 26.0 Å². The normalized spacial score (nSPS) is 20.3. The lowest BCUT2D eigenvalue weighted by Crippen LogP contribution is -2.61. The molecule has 5 rings (SSSR count). The molecular formula is C30H32ClF3N3O5S+. The number of piperidine rings is 1. The predicted molar refractivity (Wildman–Crippen MR) is 155 cm³/mol. The number of hydrogen-bond donors (Lipinski definition) is 1. The summed E-state index contributed by atoms with van der Waals surface area (Å²) in [6.07, 6.45) is -2.17. The van der Waals surface area contributed by atoms with Crippen LogP contribution in [0.3, 0.4) is 0 Å². The number of rotatable bonds is 6. The van der Waals surface area contributed by atoms with Crippen molar-refractivity contribution in [3.8, 4) is 5.75 Å². The molecule has 0 spiro atoms. The summed E-state index contributed by atoms with van der Waals surface area (Å²) in [7, 11) is -3.36. The minimum absolute atomic E-state index is 0.000807. The third-order valence-corrected chi connectivity index (χ3v) is 11.9. The van der Waals surface area contributed by atoms with Crippen molar-refractivity contribution < 1.29 is 40.1 Å². The van der Waals surface area contributed by atoms with Gasteiger partial charge in [-0.15, -0.1) is 0 Å². The molecule has 2 heterocycles. The molecule has 0 amide bonds. The Labute approximate surface area is 253 Å². The Kier molecular flexibility index (Phi) is 7.94. The van der Waals surface area contributed by atoms with E-state index in [9.17, 15) is 31.5 Å². The molecule has 1 aliphatic carbocycles. The minimum atomic E-state index is -4.97. The molecule has 230 valence electrons. The molecule has 0 saturated carbocycles. The Hall–Kier alpha value is -3.35. The fourth-order valence-electron chi connectivity index (χ4n) is 6.76. The van der Waals surface area contributed by atoms with E-state index in [1.54, 1.807) is 18.5 Å². The summed E-state index contributed by atoms with van der Waals surface area (Å²) >= 11 is 6.33. The van der Waals surface area contributed by atoms with E-state index in [2.05, 4.69) is 9.88 Å². The van der Waals surface area contributed by atoms with Crippen LogP contribution in [0, 0.1) is 0 Å². The van der Waals surface area contributed by atoms with Crippen molar-refractivity contribution >= 4 is 33.5 Å². The van der Waals surface area contributed by atoms with Crippen molar-refractivity contribution in [1.82, 2.24) is 4.98 Å². The van der Waals surface area contributed by atoms with Crippen LogP contribution >= 0.6 is 11.6 Å². The molecule has 0 radical (unpaired) electrons. The number of carbonyl (C=O) groups is 1. The smallest absolute Gasteiger partial charge is 0.449 e. The fraction of sp³-hybridized carbons (Fsp3) is 0.400. The molecule has 43 heavy (non-hydrogen) atoms. The van der Waals surface area contributed by atoms with Crippen LogP contribution in [0.25, 0.3) is 0 Å². The van der Waals surface area contributed by atoms with Crippen LogP contribution < -0.4 is 9.64 Å². The molecule has 2 aromatic carbocycles. The van der Waals surface area contributed by atoms with Gasteiger partial charge in [-0.1, -0.05) is 37.6 Å². The molecular weight excluding hydrogens is 607 g/mol. The number of hydrogen-bond acceptors (Lipinski definition) is 6. The maximum Gasteiger partial charge on any atom is 0.511 e. The maximum absolute atomic E-state index is 14.9. The molecule has 2 aliphatic rings. The lowest BCUT2D eigenvalue weighted by atomic mass is 9.86. The fourth-order valence-corrected chi connectivity index (χ4v) is 9.52. The number of quaternary nitrogens is 1. The quantitative estimate of drug-likeness (QED) is 0.176. The Bertz CT molecular complexity index is 1640. The average molecular weight is 639 g/mol. The summed E-state index contributed by atoms with van der Waals surface area (Å²) in [5, 5.41) is 8.72. The highest BCUT2D eigenvalue weighted by Gasteiger charge is 2.59. The number of fused-ring (bicyclic) bond motifs is 1. The van der Waals surface area contributed by atoms with Crippen LogP contribution in [0.1, 0.15) is 55.8 Å². The molecule has 13 heteroatoms. The van der Waals surface area contributed by atoms with E-state index in [4.69, 9.17) is 16.3 Å². The van der Waals surface area contributed by atoms with Crippen molar-refractivity contribution in [2.75, 3.05) is 25.0 Å². The largest absolute Gasteiger partial charge is 0.511 e. The number of alkyl halides is 3. The standard InChI is InChI=1S/C30H31ClF3N3O5S/c1-29(2)18-26(22-17-21(42-28(38)39)7-8-23(22)29)37(3,20-11-15-36(16-12-20)19-9-13-35-14-10-19)43(40,41)27-24(30(32,33)34)5-4-6-25(27)31/h4-10,13-14,17,20,26H,11-12,15-16,18H2,1-3H3/p+1. The van der Waals surface area contributed by atoms with Gasteiger partial charge < -0.3 is 14.7 Å². The predicted octanol–water partition coefficient (Wildman–Crippen LogP) is 7.04. The van der Waals surface area contributed by atoms with Crippen molar-refractivity contribution in [2.45, 2.75) is 61.7 Å². The van der Waals surface area contributed by atoms with Crippen molar-refractivity contribution in [3.05, 3.63) is 82.6 Å². The molecule has 0 bridgehead atoms. The first-order valence-corrected chi connectivity index (χ1v) is 15.6. The van der Waals surface area contributed by atoms with Gasteiger partial charge in [0.15, 0.2) is 4.90 Å². The second kappa shape index (κ2) is 11.0. The van der Waals surface area contributed by atoms with E-state index in [1.165, 1.54) is 19.2 Å². The number of benzene rings is 2. The number of aromatic nitrogens is 1. The zero-order valence-electron chi connectivity index (χ0n) is 23.8. The van der Waals surface area contributed by atoms with Crippen LogP contribution in [0.4, 0.5) is 23.7 Å². The Morgan fingerprint density at radius 2 is 1.77 bits per heavy atom. The van der Waals surface area contributed by atoms with Crippen molar-refractivity contribution in [1.29, 1.82) is 0 Å². The first-order chi connectivity index (χ1) is 20.1. The summed E-state index contributed by atoms with van der Waals surface area (Å²) in [5.74, 6) is -0.000807. The lowest BCUT2D eigenvalue weighted by Gasteiger charge is -2.48. The van der Waals surface area contributed by atoms with Gasteiger partial charge in [0.2, 0.25) is 0 Å². The molecule has 1 fully saturated rings. The highest BCUT2D eigenvalue weighted by Crippen LogP contribution is 2.55. The van der Waals surface area contributed by atoms with Crippen LogP contribution in [-0.2, 0) is 21.6 Å². The van der Waals surface area contributed by atoms with E-state index < -0.39 is 59.2 Å². The molecule has 1 N–H and O–H groups in total. The average Bonchev–Trinajstić information content (AvgIpc) is 3.22. The monoisotopic (exact) mass is 638 g/mol. The van der Waals surface area contributed by atoms with E-state index in [0.29, 0.717) is 31.5 Å².